The van der Waals surface area contributed by atoms with Gasteiger partial charge in [0.1, 0.15) is 6.29 Å². The van der Waals surface area contributed by atoms with Gasteiger partial charge in [0.25, 0.3) is 0 Å². The molecule has 1 unspecified atom stereocenters. The first-order valence-corrected chi connectivity index (χ1v) is 9.11. The van der Waals surface area contributed by atoms with Crippen molar-refractivity contribution in [3.05, 3.63) is 12.2 Å². The molecule has 0 aromatic carbocycles. The molecule has 0 fully saturated rings. The third kappa shape index (κ3) is 17.3. The molecule has 2 nitrogen and oxygen atoms in total. The van der Waals surface area contributed by atoms with E-state index in [4.69, 9.17) is 0 Å². The monoisotopic (exact) mass is 296 g/mol. The number of aliphatic hydroxyl groups is 1. The summed E-state index contributed by atoms with van der Waals surface area (Å²) < 4.78 is 0. The molecular formula is C19H36O2. The summed E-state index contributed by atoms with van der Waals surface area (Å²) in [5, 5.41) is 9.51. The first kappa shape index (κ1) is 20.4. The van der Waals surface area contributed by atoms with Crippen molar-refractivity contribution >= 4 is 6.29 Å². The normalized spacial score (nSPS) is 12.9. The summed E-state index contributed by atoms with van der Waals surface area (Å²) >= 11 is 0. The summed E-state index contributed by atoms with van der Waals surface area (Å²) in [4.78, 5) is 10.1. The topological polar surface area (TPSA) is 37.3 Å². The van der Waals surface area contributed by atoms with E-state index < -0.39 is 6.10 Å². The van der Waals surface area contributed by atoms with Gasteiger partial charge >= 0.3 is 0 Å². The maximum atomic E-state index is 10.1. The Labute approximate surface area is 132 Å². The Morgan fingerprint density at radius 1 is 0.762 bits per heavy atom. The Bertz CT molecular complexity index is 236. The molecule has 2 heteroatoms. The van der Waals surface area contributed by atoms with E-state index in [0.29, 0.717) is 6.29 Å². The Hall–Kier alpha value is -0.630. The van der Waals surface area contributed by atoms with E-state index in [1.54, 1.807) is 6.08 Å². The summed E-state index contributed by atoms with van der Waals surface area (Å²) in [6.07, 6.45) is 21.5. The van der Waals surface area contributed by atoms with Crippen molar-refractivity contribution in [1.29, 1.82) is 0 Å². The van der Waals surface area contributed by atoms with Gasteiger partial charge in [-0.2, -0.15) is 0 Å². The lowest BCUT2D eigenvalue weighted by Crippen LogP contribution is -2.01. The van der Waals surface area contributed by atoms with Crippen molar-refractivity contribution in [3.8, 4) is 0 Å². The fourth-order valence-corrected chi connectivity index (χ4v) is 2.64. The van der Waals surface area contributed by atoms with E-state index in [0.717, 1.165) is 12.8 Å². The maximum Gasteiger partial charge on any atom is 0.142 e. The zero-order valence-corrected chi connectivity index (χ0v) is 14.1. The fourth-order valence-electron chi connectivity index (χ4n) is 2.64. The van der Waals surface area contributed by atoms with E-state index in [1.807, 2.05) is 0 Å². The number of rotatable bonds is 16. The lowest BCUT2D eigenvalue weighted by molar-refractivity contribution is -0.104. The van der Waals surface area contributed by atoms with E-state index >= 15 is 0 Å². The molecule has 0 saturated heterocycles. The van der Waals surface area contributed by atoms with E-state index in [1.165, 1.54) is 83.1 Å². The Kier molecular flexibility index (Phi) is 16.9. The maximum absolute atomic E-state index is 10.1. The molecule has 0 bridgehead atoms. The molecular weight excluding hydrogens is 260 g/mol. The standard InChI is InChI=1S/C19H36O2/c1-2-3-4-5-6-7-8-9-10-11-12-13-14-16-19(21)17-15-18-20/h15,17-19,21H,2-14,16H2,1H3. The van der Waals surface area contributed by atoms with Crippen LogP contribution in [0, 0.1) is 0 Å². The van der Waals surface area contributed by atoms with Gasteiger partial charge in [0.2, 0.25) is 0 Å². The van der Waals surface area contributed by atoms with Crippen LogP contribution in [0.5, 0.6) is 0 Å². The Morgan fingerprint density at radius 3 is 1.62 bits per heavy atom. The van der Waals surface area contributed by atoms with Crippen LogP contribution < -0.4 is 0 Å². The van der Waals surface area contributed by atoms with Crippen molar-refractivity contribution < 1.29 is 9.90 Å². The van der Waals surface area contributed by atoms with Crippen LogP contribution in [0.1, 0.15) is 96.8 Å². The zero-order valence-electron chi connectivity index (χ0n) is 14.1. The predicted molar refractivity (Wildman–Crippen MR) is 91.5 cm³/mol. The van der Waals surface area contributed by atoms with Crippen LogP contribution in [-0.4, -0.2) is 17.5 Å². The van der Waals surface area contributed by atoms with Crippen LogP contribution >= 0.6 is 0 Å². The minimum atomic E-state index is -0.442. The lowest BCUT2D eigenvalue weighted by atomic mass is 10.0. The number of allylic oxidation sites excluding steroid dienone is 1. The van der Waals surface area contributed by atoms with Gasteiger partial charge in [0.15, 0.2) is 0 Å². The number of aldehydes is 1. The smallest absolute Gasteiger partial charge is 0.142 e. The SMILES string of the molecule is CCCCCCCCCCCCCCCC(O)C=CC=O. The fraction of sp³-hybridized carbons (Fsp3) is 0.842. The van der Waals surface area contributed by atoms with Crippen LogP contribution in [0.15, 0.2) is 12.2 Å². The lowest BCUT2D eigenvalue weighted by Gasteiger charge is -2.05. The van der Waals surface area contributed by atoms with Gasteiger partial charge in [-0.25, -0.2) is 0 Å². The average Bonchev–Trinajstić information content (AvgIpc) is 2.49. The van der Waals surface area contributed by atoms with Gasteiger partial charge in [0, 0.05) is 0 Å². The molecule has 0 rings (SSSR count). The largest absolute Gasteiger partial charge is 0.389 e. The van der Waals surface area contributed by atoms with Gasteiger partial charge in [-0.05, 0) is 12.5 Å². The molecule has 0 amide bonds. The number of hydrogen-bond donors (Lipinski definition) is 1. The highest BCUT2D eigenvalue weighted by atomic mass is 16.3. The van der Waals surface area contributed by atoms with Crippen molar-refractivity contribution in [2.45, 2.75) is 103 Å². The number of carbonyl (C=O) groups is 1. The average molecular weight is 296 g/mol. The van der Waals surface area contributed by atoms with Crippen LogP contribution in [0.2, 0.25) is 0 Å². The predicted octanol–water partition coefficient (Wildman–Crippen LogP) is 5.58. The van der Waals surface area contributed by atoms with E-state index in [-0.39, 0.29) is 0 Å². The van der Waals surface area contributed by atoms with Gasteiger partial charge in [-0.15, -0.1) is 0 Å². The second-order valence-electron chi connectivity index (χ2n) is 6.12. The molecule has 0 aliphatic rings. The van der Waals surface area contributed by atoms with Crippen molar-refractivity contribution in [1.82, 2.24) is 0 Å². The minimum absolute atomic E-state index is 0.442. The summed E-state index contributed by atoms with van der Waals surface area (Å²) in [6.45, 7) is 2.27. The summed E-state index contributed by atoms with van der Waals surface area (Å²) in [5.41, 5.74) is 0. The molecule has 0 spiro atoms. The highest BCUT2D eigenvalue weighted by Crippen LogP contribution is 2.13. The van der Waals surface area contributed by atoms with Crippen LogP contribution in [0.3, 0.4) is 0 Å². The highest BCUT2D eigenvalue weighted by molar-refractivity contribution is 5.64. The van der Waals surface area contributed by atoms with Crippen molar-refractivity contribution in [3.63, 3.8) is 0 Å². The molecule has 0 aliphatic carbocycles. The van der Waals surface area contributed by atoms with E-state index in [2.05, 4.69) is 6.92 Å². The molecule has 0 aromatic rings. The second kappa shape index (κ2) is 17.4. The Morgan fingerprint density at radius 2 is 1.19 bits per heavy atom. The summed E-state index contributed by atoms with van der Waals surface area (Å²) in [5.74, 6) is 0. The van der Waals surface area contributed by atoms with Crippen LogP contribution in [-0.2, 0) is 4.79 Å². The molecule has 0 saturated carbocycles. The van der Waals surface area contributed by atoms with E-state index in [9.17, 15) is 9.90 Å². The number of aliphatic hydroxyl groups excluding tert-OH is 1. The summed E-state index contributed by atoms with van der Waals surface area (Å²) in [7, 11) is 0. The van der Waals surface area contributed by atoms with Gasteiger partial charge < -0.3 is 5.11 Å². The first-order chi connectivity index (χ1) is 10.3. The highest BCUT2D eigenvalue weighted by Gasteiger charge is 1.98. The summed E-state index contributed by atoms with van der Waals surface area (Å²) in [6, 6.07) is 0. The molecule has 21 heavy (non-hydrogen) atoms. The van der Waals surface area contributed by atoms with Gasteiger partial charge in [-0.3, -0.25) is 4.79 Å². The van der Waals surface area contributed by atoms with Crippen LogP contribution in [0.4, 0.5) is 0 Å². The molecule has 1 N–H and O–H groups in total. The third-order valence-corrected chi connectivity index (χ3v) is 4.02. The molecule has 1 atom stereocenters. The molecule has 0 heterocycles. The molecule has 0 aliphatic heterocycles. The minimum Gasteiger partial charge on any atom is -0.389 e. The quantitative estimate of drug-likeness (QED) is 0.229. The molecule has 0 radical (unpaired) electrons. The Balaban J connectivity index is 3.09. The number of hydrogen-bond acceptors (Lipinski definition) is 2. The van der Waals surface area contributed by atoms with Gasteiger partial charge in [0.05, 0.1) is 6.10 Å². The number of unbranched alkanes of at least 4 members (excludes halogenated alkanes) is 12. The van der Waals surface area contributed by atoms with Crippen molar-refractivity contribution in [2.75, 3.05) is 0 Å². The third-order valence-electron chi connectivity index (χ3n) is 4.02. The second-order valence-corrected chi connectivity index (χ2v) is 6.12. The zero-order chi connectivity index (χ0) is 15.6. The first-order valence-electron chi connectivity index (χ1n) is 9.11. The number of carbonyl (C=O) groups excluding carboxylic acids is 1. The molecule has 0 aromatic heterocycles. The van der Waals surface area contributed by atoms with Crippen molar-refractivity contribution in [2.24, 2.45) is 0 Å². The van der Waals surface area contributed by atoms with Crippen LogP contribution in [0.25, 0.3) is 0 Å². The van der Waals surface area contributed by atoms with Gasteiger partial charge in [-0.1, -0.05) is 96.5 Å². The molecule has 124 valence electrons.